The maximum Gasteiger partial charge on any atom is 0.311 e. The van der Waals surface area contributed by atoms with E-state index < -0.39 is 5.97 Å². The van der Waals surface area contributed by atoms with Crippen LogP contribution in [0.15, 0.2) is 24.3 Å². The average molecular weight is 359 g/mol. The van der Waals surface area contributed by atoms with Crippen LogP contribution in [0.5, 0.6) is 0 Å². The van der Waals surface area contributed by atoms with E-state index >= 15 is 0 Å². The maximum atomic E-state index is 12.3. The number of benzene rings is 1. The Kier molecular flexibility index (Phi) is 6.57. The first-order chi connectivity index (χ1) is 12.2. The van der Waals surface area contributed by atoms with E-state index in [2.05, 4.69) is 20.8 Å². The third kappa shape index (κ3) is 5.16. The number of likely N-dealkylation sites (tertiary alicyclic amines) is 1. The molecule has 1 aromatic rings. The molecule has 1 heterocycles. The molecule has 26 heavy (non-hydrogen) atoms. The van der Waals surface area contributed by atoms with Crippen molar-refractivity contribution in [1.82, 2.24) is 4.90 Å². The number of hydrogen-bond donors (Lipinski definition) is 0. The van der Waals surface area contributed by atoms with Gasteiger partial charge in [-0.05, 0) is 23.8 Å². The van der Waals surface area contributed by atoms with Gasteiger partial charge in [0.25, 0.3) is 0 Å². The number of nitrogens with zero attached hydrogens (tertiary/aromatic N) is 1. The van der Waals surface area contributed by atoms with Crippen molar-refractivity contribution in [2.75, 3.05) is 19.7 Å². The lowest BCUT2D eigenvalue weighted by atomic mass is 9.86. The van der Waals surface area contributed by atoms with Crippen LogP contribution in [-0.2, 0) is 19.7 Å². The third-order valence-electron chi connectivity index (χ3n) is 4.83. The van der Waals surface area contributed by atoms with Crippen molar-refractivity contribution in [2.45, 2.75) is 52.4 Å². The molecule has 1 unspecified atom stereocenters. The van der Waals surface area contributed by atoms with Crippen molar-refractivity contribution in [2.24, 2.45) is 5.92 Å². The van der Waals surface area contributed by atoms with Crippen molar-refractivity contribution in [1.29, 1.82) is 0 Å². The highest BCUT2D eigenvalue weighted by atomic mass is 16.5. The first kappa shape index (κ1) is 20.1. The van der Waals surface area contributed by atoms with Crippen LogP contribution >= 0.6 is 0 Å². The minimum absolute atomic E-state index is 0.0246. The minimum atomic E-state index is -0.390. The SMILES string of the molecule is CCC(=O)N1CCCC(C(=O)OCC(=O)c2ccc(C(C)(C)C)cc2)C1. The van der Waals surface area contributed by atoms with Crippen LogP contribution in [-0.4, -0.2) is 42.3 Å². The minimum Gasteiger partial charge on any atom is -0.457 e. The fourth-order valence-corrected chi connectivity index (χ4v) is 3.11. The van der Waals surface area contributed by atoms with Crippen molar-refractivity contribution in [3.63, 3.8) is 0 Å². The highest BCUT2D eigenvalue weighted by Crippen LogP contribution is 2.22. The molecule has 0 N–H and O–H groups in total. The molecule has 0 aromatic heterocycles. The van der Waals surface area contributed by atoms with Gasteiger partial charge in [0.1, 0.15) is 0 Å². The summed E-state index contributed by atoms with van der Waals surface area (Å²) in [7, 11) is 0. The number of esters is 1. The molecule has 5 nitrogen and oxygen atoms in total. The Morgan fingerprint density at radius 1 is 1.15 bits per heavy atom. The monoisotopic (exact) mass is 359 g/mol. The zero-order chi connectivity index (χ0) is 19.3. The van der Waals surface area contributed by atoms with Gasteiger partial charge in [0.15, 0.2) is 12.4 Å². The Hall–Kier alpha value is -2.17. The molecule has 0 saturated carbocycles. The summed E-state index contributed by atoms with van der Waals surface area (Å²) in [4.78, 5) is 38.0. The number of rotatable bonds is 5. The van der Waals surface area contributed by atoms with Gasteiger partial charge in [0, 0.05) is 25.1 Å². The van der Waals surface area contributed by atoms with Crippen LogP contribution in [0.1, 0.15) is 62.9 Å². The molecule has 1 aliphatic heterocycles. The van der Waals surface area contributed by atoms with Crippen LogP contribution in [0.2, 0.25) is 0 Å². The predicted octanol–water partition coefficient (Wildman–Crippen LogP) is 3.36. The van der Waals surface area contributed by atoms with Crippen molar-refractivity contribution in [3.05, 3.63) is 35.4 Å². The summed E-state index contributed by atoms with van der Waals surface area (Å²) >= 11 is 0. The molecule has 1 aliphatic rings. The van der Waals surface area contributed by atoms with E-state index in [-0.39, 0.29) is 29.6 Å². The fourth-order valence-electron chi connectivity index (χ4n) is 3.11. The second-order valence-electron chi connectivity index (χ2n) is 7.89. The molecule has 0 spiro atoms. The molecule has 1 atom stereocenters. The smallest absolute Gasteiger partial charge is 0.311 e. The summed E-state index contributed by atoms with van der Waals surface area (Å²) in [6.45, 7) is 8.97. The van der Waals surface area contributed by atoms with Gasteiger partial charge in [0.2, 0.25) is 5.91 Å². The summed E-state index contributed by atoms with van der Waals surface area (Å²) in [6.07, 6.45) is 1.92. The predicted molar refractivity (Wildman–Crippen MR) is 100 cm³/mol. The zero-order valence-corrected chi connectivity index (χ0v) is 16.2. The van der Waals surface area contributed by atoms with Gasteiger partial charge in [-0.25, -0.2) is 0 Å². The summed E-state index contributed by atoms with van der Waals surface area (Å²) in [5.41, 5.74) is 1.71. The lowest BCUT2D eigenvalue weighted by Crippen LogP contribution is -2.42. The number of carbonyl (C=O) groups excluding carboxylic acids is 3. The molecule has 5 heteroatoms. The van der Waals surface area contributed by atoms with Crippen LogP contribution in [0, 0.1) is 5.92 Å². The molecular formula is C21H29NO4. The van der Waals surface area contributed by atoms with Gasteiger partial charge in [-0.3, -0.25) is 14.4 Å². The molecule has 0 radical (unpaired) electrons. The Morgan fingerprint density at radius 2 is 1.81 bits per heavy atom. The van der Waals surface area contributed by atoms with Crippen molar-refractivity contribution in [3.8, 4) is 0 Å². The van der Waals surface area contributed by atoms with Crippen LogP contribution in [0.4, 0.5) is 0 Å². The van der Waals surface area contributed by atoms with Crippen LogP contribution < -0.4 is 0 Å². The molecule has 1 fully saturated rings. The fraction of sp³-hybridized carbons (Fsp3) is 0.571. The van der Waals surface area contributed by atoms with E-state index in [1.54, 1.807) is 17.0 Å². The molecule has 142 valence electrons. The van der Waals surface area contributed by atoms with Gasteiger partial charge < -0.3 is 9.64 Å². The summed E-state index contributed by atoms with van der Waals surface area (Å²) < 4.78 is 5.23. The van der Waals surface area contributed by atoms with E-state index in [9.17, 15) is 14.4 Å². The molecular weight excluding hydrogens is 330 g/mol. The molecule has 0 aliphatic carbocycles. The van der Waals surface area contributed by atoms with E-state index in [0.717, 1.165) is 12.0 Å². The molecule has 0 bridgehead atoms. The number of amides is 1. The first-order valence-electron chi connectivity index (χ1n) is 9.30. The third-order valence-corrected chi connectivity index (χ3v) is 4.83. The lowest BCUT2D eigenvalue weighted by Gasteiger charge is -2.31. The second kappa shape index (κ2) is 8.47. The maximum absolute atomic E-state index is 12.3. The normalized spacial score (nSPS) is 17.7. The van der Waals surface area contributed by atoms with Gasteiger partial charge >= 0.3 is 5.97 Å². The first-order valence-corrected chi connectivity index (χ1v) is 9.30. The largest absolute Gasteiger partial charge is 0.457 e. The Bertz CT molecular complexity index is 658. The van der Waals surface area contributed by atoms with E-state index in [1.807, 2.05) is 19.1 Å². The van der Waals surface area contributed by atoms with E-state index in [4.69, 9.17) is 4.74 Å². The Balaban J connectivity index is 1.88. The number of carbonyl (C=O) groups is 3. The number of ether oxygens (including phenoxy) is 1. The second-order valence-corrected chi connectivity index (χ2v) is 7.89. The van der Waals surface area contributed by atoms with Gasteiger partial charge in [0.05, 0.1) is 5.92 Å². The van der Waals surface area contributed by atoms with Crippen molar-refractivity contribution >= 4 is 17.7 Å². The number of Topliss-reactive ketones (excluding diaryl/α,β-unsaturated/α-hetero) is 1. The quantitative estimate of drug-likeness (QED) is 0.597. The van der Waals surface area contributed by atoms with Crippen LogP contribution in [0.3, 0.4) is 0 Å². The molecule has 1 aromatic carbocycles. The average Bonchev–Trinajstić information content (AvgIpc) is 2.64. The summed E-state index contributed by atoms with van der Waals surface area (Å²) in [5, 5.41) is 0. The number of ketones is 1. The standard InChI is InChI=1S/C21H29NO4/c1-5-19(24)22-12-6-7-16(13-22)20(25)26-14-18(23)15-8-10-17(11-9-15)21(2,3)4/h8-11,16H,5-7,12-14H2,1-4H3. The highest BCUT2D eigenvalue weighted by Gasteiger charge is 2.29. The van der Waals surface area contributed by atoms with E-state index in [0.29, 0.717) is 31.5 Å². The van der Waals surface area contributed by atoms with Gasteiger partial charge in [-0.1, -0.05) is 52.0 Å². The van der Waals surface area contributed by atoms with Crippen molar-refractivity contribution < 1.29 is 19.1 Å². The molecule has 1 saturated heterocycles. The summed E-state index contributed by atoms with van der Waals surface area (Å²) in [6, 6.07) is 7.42. The number of piperidine rings is 1. The molecule has 1 amide bonds. The highest BCUT2D eigenvalue weighted by molar-refractivity contribution is 5.98. The Morgan fingerprint density at radius 3 is 2.38 bits per heavy atom. The van der Waals surface area contributed by atoms with Crippen LogP contribution in [0.25, 0.3) is 0 Å². The zero-order valence-electron chi connectivity index (χ0n) is 16.2. The molecule has 2 rings (SSSR count). The summed E-state index contributed by atoms with van der Waals surface area (Å²) in [5.74, 6) is -0.887. The lowest BCUT2D eigenvalue weighted by molar-refractivity contribution is -0.150. The van der Waals surface area contributed by atoms with E-state index in [1.165, 1.54) is 0 Å². The van der Waals surface area contributed by atoms with Gasteiger partial charge in [-0.2, -0.15) is 0 Å². The van der Waals surface area contributed by atoms with Gasteiger partial charge in [-0.15, -0.1) is 0 Å². The Labute approximate surface area is 155 Å². The number of hydrogen-bond acceptors (Lipinski definition) is 4. The topological polar surface area (TPSA) is 63.7 Å².